The molecule has 0 saturated heterocycles. The molecule has 0 aliphatic carbocycles. The number of hydrogen-bond acceptors (Lipinski definition) is 3. The Labute approximate surface area is 61.3 Å². The standard InChI is InChI=1S/C7H11N3/c1-2-7(6-9)10-5-3-4-8/h7,10H,2-3,5H2,1H3. The fourth-order valence-corrected chi connectivity index (χ4v) is 0.584. The average molecular weight is 137 g/mol. The molecular formula is C7H11N3. The summed E-state index contributed by atoms with van der Waals surface area (Å²) in [4.78, 5) is 0. The highest BCUT2D eigenvalue weighted by Gasteiger charge is 1.99. The van der Waals surface area contributed by atoms with Crippen molar-refractivity contribution < 1.29 is 0 Å². The van der Waals surface area contributed by atoms with E-state index in [1.165, 1.54) is 0 Å². The molecule has 0 heterocycles. The van der Waals surface area contributed by atoms with Crippen LogP contribution in [0.4, 0.5) is 0 Å². The largest absolute Gasteiger partial charge is 0.301 e. The zero-order valence-corrected chi connectivity index (χ0v) is 6.09. The quantitative estimate of drug-likeness (QED) is 0.583. The van der Waals surface area contributed by atoms with Crippen LogP contribution in [0.15, 0.2) is 0 Å². The van der Waals surface area contributed by atoms with Crippen molar-refractivity contribution in [1.82, 2.24) is 5.32 Å². The molecule has 54 valence electrons. The summed E-state index contributed by atoms with van der Waals surface area (Å²) in [5.41, 5.74) is 0. The summed E-state index contributed by atoms with van der Waals surface area (Å²) in [7, 11) is 0. The normalized spacial score (nSPS) is 11.5. The van der Waals surface area contributed by atoms with Gasteiger partial charge in [-0.3, -0.25) is 0 Å². The molecule has 0 aliphatic rings. The highest BCUT2D eigenvalue weighted by Crippen LogP contribution is 1.86. The molecule has 3 nitrogen and oxygen atoms in total. The molecule has 1 atom stereocenters. The van der Waals surface area contributed by atoms with Gasteiger partial charge in [-0.05, 0) is 6.42 Å². The van der Waals surface area contributed by atoms with E-state index in [-0.39, 0.29) is 6.04 Å². The summed E-state index contributed by atoms with van der Waals surface area (Å²) in [5.74, 6) is 0. The Balaban J connectivity index is 3.30. The minimum Gasteiger partial charge on any atom is -0.301 e. The Morgan fingerprint density at radius 1 is 1.50 bits per heavy atom. The van der Waals surface area contributed by atoms with Gasteiger partial charge in [0.05, 0.1) is 18.2 Å². The van der Waals surface area contributed by atoms with E-state index in [0.717, 1.165) is 6.42 Å². The van der Waals surface area contributed by atoms with E-state index in [2.05, 4.69) is 11.4 Å². The van der Waals surface area contributed by atoms with Crippen molar-refractivity contribution in [2.45, 2.75) is 25.8 Å². The minimum atomic E-state index is -0.0895. The van der Waals surface area contributed by atoms with Gasteiger partial charge in [0.2, 0.25) is 0 Å². The molecule has 0 spiro atoms. The van der Waals surface area contributed by atoms with Gasteiger partial charge in [-0.15, -0.1) is 0 Å². The molecule has 10 heavy (non-hydrogen) atoms. The lowest BCUT2D eigenvalue weighted by Crippen LogP contribution is -2.27. The first kappa shape index (κ1) is 8.94. The van der Waals surface area contributed by atoms with Gasteiger partial charge in [0, 0.05) is 13.0 Å². The number of hydrogen-bond donors (Lipinski definition) is 1. The SMILES string of the molecule is CCC(C#N)NCCC#N. The van der Waals surface area contributed by atoms with Crippen molar-refractivity contribution in [2.24, 2.45) is 0 Å². The third-order valence-electron chi connectivity index (χ3n) is 1.19. The number of nitrogens with zero attached hydrogens (tertiary/aromatic N) is 2. The maximum absolute atomic E-state index is 8.43. The number of rotatable bonds is 4. The third kappa shape index (κ3) is 3.88. The first-order valence-electron chi connectivity index (χ1n) is 3.35. The van der Waals surface area contributed by atoms with Gasteiger partial charge < -0.3 is 5.32 Å². The van der Waals surface area contributed by atoms with Gasteiger partial charge in [0.25, 0.3) is 0 Å². The maximum Gasteiger partial charge on any atom is 0.0950 e. The van der Waals surface area contributed by atoms with Crippen LogP contribution in [-0.2, 0) is 0 Å². The molecule has 0 fully saturated rings. The van der Waals surface area contributed by atoms with Gasteiger partial charge in [0.1, 0.15) is 0 Å². The average Bonchev–Trinajstić information content (AvgIpc) is 1.99. The first-order chi connectivity index (χ1) is 4.85. The van der Waals surface area contributed by atoms with Crippen LogP contribution >= 0.6 is 0 Å². The molecule has 0 radical (unpaired) electrons. The van der Waals surface area contributed by atoms with Crippen LogP contribution in [0.2, 0.25) is 0 Å². The van der Waals surface area contributed by atoms with Crippen molar-refractivity contribution in [3.05, 3.63) is 0 Å². The lowest BCUT2D eigenvalue weighted by Gasteiger charge is -2.04. The van der Waals surface area contributed by atoms with Crippen LogP contribution in [0.25, 0.3) is 0 Å². The molecule has 0 amide bonds. The zero-order chi connectivity index (χ0) is 7.82. The van der Waals surface area contributed by atoms with E-state index in [1.54, 1.807) is 0 Å². The van der Waals surface area contributed by atoms with Crippen molar-refractivity contribution >= 4 is 0 Å². The zero-order valence-electron chi connectivity index (χ0n) is 6.09. The molecule has 0 aromatic heterocycles. The summed E-state index contributed by atoms with van der Waals surface area (Å²) < 4.78 is 0. The molecular weight excluding hydrogens is 126 g/mol. The molecule has 1 N–H and O–H groups in total. The second kappa shape index (κ2) is 6.07. The Hall–Kier alpha value is -1.06. The van der Waals surface area contributed by atoms with E-state index in [0.29, 0.717) is 13.0 Å². The van der Waals surface area contributed by atoms with Crippen LogP contribution in [0.1, 0.15) is 19.8 Å². The molecule has 0 aromatic carbocycles. The van der Waals surface area contributed by atoms with Crippen molar-refractivity contribution in [3.63, 3.8) is 0 Å². The summed E-state index contributed by atoms with van der Waals surface area (Å²) in [6.45, 7) is 2.55. The van der Waals surface area contributed by atoms with Crippen LogP contribution in [0.5, 0.6) is 0 Å². The predicted molar refractivity (Wildman–Crippen MR) is 37.9 cm³/mol. The van der Waals surface area contributed by atoms with E-state index in [1.807, 2.05) is 13.0 Å². The van der Waals surface area contributed by atoms with Gasteiger partial charge in [-0.25, -0.2) is 0 Å². The van der Waals surface area contributed by atoms with E-state index in [4.69, 9.17) is 10.5 Å². The Kier molecular flexibility index (Phi) is 5.42. The summed E-state index contributed by atoms with van der Waals surface area (Å²) in [5, 5.41) is 19.5. The van der Waals surface area contributed by atoms with Gasteiger partial charge in [0.15, 0.2) is 0 Å². The lowest BCUT2D eigenvalue weighted by molar-refractivity contribution is 0.594. The Morgan fingerprint density at radius 3 is 2.60 bits per heavy atom. The van der Waals surface area contributed by atoms with E-state index < -0.39 is 0 Å². The summed E-state index contributed by atoms with van der Waals surface area (Å²) >= 11 is 0. The summed E-state index contributed by atoms with van der Waals surface area (Å²) in [6, 6.07) is 4.00. The molecule has 0 bridgehead atoms. The predicted octanol–water partition coefficient (Wildman–Crippen LogP) is 0.792. The molecule has 0 aromatic rings. The van der Waals surface area contributed by atoms with E-state index >= 15 is 0 Å². The van der Waals surface area contributed by atoms with E-state index in [9.17, 15) is 0 Å². The molecule has 1 unspecified atom stereocenters. The van der Waals surface area contributed by atoms with Crippen LogP contribution in [-0.4, -0.2) is 12.6 Å². The number of nitrogens with one attached hydrogen (secondary N) is 1. The fraction of sp³-hybridized carbons (Fsp3) is 0.714. The smallest absolute Gasteiger partial charge is 0.0950 e. The van der Waals surface area contributed by atoms with Crippen molar-refractivity contribution in [1.29, 1.82) is 10.5 Å². The first-order valence-corrected chi connectivity index (χ1v) is 3.35. The van der Waals surface area contributed by atoms with Gasteiger partial charge in [-0.1, -0.05) is 6.92 Å². The highest BCUT2D eigenvalue weighted by atomic mass is 14.9. The molecule has 3 heteroatoms. The monoisotopic (exact) mass is 137 g/mol. The van der Waals surface area contributed by atoms with Crippen molar-refractivity contribution in [3.8, 4) is 12.1 Å². The van der Waals surface area contributed by atoms with Crippen LogP contribution in [0, 0.1) is 22.7 Å². The maximum atomic E-state index is 8.43. The second-order valence-electron chi connectivity index (χ2n) is 1.95. The summed E-state index contributed by atoms with van der Waals surface area (Å²) in [6.07, 6.45) is 1.26. The van der Waals surface area contributed by atoms with Crippen molar-refractivity contribution in [2.75, 3.05) is 6.54 Å². The second-order valence-corrected chi connectivity index (χ2v) is 1.95. The molecule has 0 saturated carbocycles. The third-order valence-corrected chi connectivity index (χ3v) is 1.19. The molecule has 0 aliphatic heterocycles. The fourth-order valence-electron chi connectivity index (χ4n) is 0.584. The van der Waals surface area contributed by atoms with Crippen LogP contribution < -0.4 is 5.32 Å². The van der Waals surface area contributed by atoms with Crippen LogP contribution in [0.3, 0.4) is 0 Å². The van der Waals surface area contributed by atoms with Gasteiger partial charge >= 0.3 is 0 Å². The Morgan fingerprint density at radius 2 is 2.20 bits per heavy atom. The lowest BCUT2D eigenvalue weighted by atomic mass is 10.2. The van der Waals surface area contributed by atoms with Gasteiger partial charge in [-0.2, -0.15) is 10.5 Å². The number of nitriles is 2. The molecule has 0 rings (SSSR count). The topological polar surface area (TPSA) is 59.6 Å². The Bertz CT molecular complexity index is 151. The highest BCUT2D eigenvalue weighted by molar-refractivity contribution is 4.88. The minimum absolute atomic E-state index is 0.0895.